The van der Waals surface area contributed by atoms with Gasteiger partial charge in [0.1, 0.15) is 22.4 Å². The molecule has 104 valence electrons. The molecule has 0 fully saturated rings. The van der Waals surface area contributed by atoms with Gasteiger partial charge in [0.25, 0.3) is 5.91 Å². The van der Waals surface area contributed by atoms with Crippen LogP contribution in [0.3, 0.4) is 0 Å². The number of halogens is 2. The fourth-order valence-electron chi connectivity index (χ4n) is 1.61. The Morgan fingerprint density at radius 2 is 2.10 bits per heavy atom. The predicted octanol–water partition coefficient (Wildman–Crippen LogP) is 1.58. The van der Waals surface area contributed by atoms with Crippen molar-refractivity contribution < 1.29 is 13.6 Å². The molecule has 5 nitrogen and oxygen atoms in total. The van der Waals surface area contributed by atoms with Crippen LogP contribution in [0.4, 0.5) is 14.6 Å². The topological polar surface area (TPSA) is 72.9 Å². The first-order valence-corrected chi connectivity index (χ1v) is 5.89. The van der Waals surface area contributed by atoms with Crippen molar-refractivity contribution in [3.8, 4) is 0 Å². The molecule has 0 aliphatic heterocycles. The summed E-state index contributed by atoms with van der Waals surface area (Å²) in [4.78, 5) is 12.0. The van der Waals surface area contributed by atoms with Gasteiger partial charge in [-0.25, -0.2) is 8.78 Å². The quantitative estimate of drug-likeness (QED) is 0.844. The second-order valence-electron chi connectivity index (χ2n) is 3.97. The highest BCUT2D eigenvalue weighted by atomic mass is 32.1. The third kappa shape index (κ3) is 2.64. The van der Waals surface area contributed by atoms with Gasteiger partial charge in [-0.05, 0) is 18.2 Å². The molecule has 0 atom stereocenters. The van der Waals surface area contributed by atoms with Crippen molar-refractivity contribution in [2.75, 3.05) is 5.32 Å². The molecule has 20 heavy (non-hydrogen) atoms. The number of amides is 1. The van der Waals surface area contributed by atoms with Crippen molar-refractivity contribution >= 4 is 28.9 Å². The third-order valence-electron chi connectivity index (χ3n) is 2.61. The Morgan fingerprint density at radius 3 is 2.75 bits per heavy atom. The molecule has 8 heteroatoms. The van der Waals surface area contributed by atoms with Crippen molar-refractivity contribution in [2.45, 2.75) is 0 Å². The van der Waals surface area contributed by atoms with Crippen LogP contribution in [0.2, 0.25) is 0 Å². The van der Waals surface area contributed by atoms with E-state index in [0.29, 0.717) is 5.56 Å². The molecular weight excluding hydrogens is 286 g/mol. The molecule has 0 spiro atoms. The van der Waals surface area contributed by atoms with E-state index in [1.807, 2.05) is 0 Å². The maximum Gasteiger partial charge on any atom is 0.259 e. The van der Waals surface area contributed by atoms with Gasteiger partial charge in [-0.15, -0.1) is 0 Å². The molecule has 1 amide bonds. The van der Waals surface area contributed by atoms with E-state index in [9.17, 15) is 13.6 Å². The number of nitrogens with zero attached hydrogens (tertiary/aromatic N) is 2. The molecule has 1 aromatic heterocycles. The molecule has 0 bridgehead atoms. The lowest BCUT2D eigenvalue weighted by atomic mass is 10.2. The summed E-state index contributed by atoms with van der Waals surface area (Å²) in [7, 11) is 1.55. The number of aryl methyl sites for hydroxylation is 1. The number of nitrogens with two attached hydrogens (primary N) is 1. The van der Waals surface area contributed by atoms with E-state index in [0.717, 1.165) is 18.2 Å². The SMILES string of the molecule is Cn1ncc(C(N)=S)c1NC(=O)c1cc(F)ccc1F. The van der Waals surface area contributed by atoms with Crippen LogP contribution in [0, 0.1) is 11.6 Å². The molecule has 0 saturated carbocycles. The number of thiocarbonyl (C=S) groups is 1. The van der Waals surface area contributed by atoms with E-state index in [1.165, 1.54) is 10.9 Å². The summed E-state index contributed by atoms with van der Waals surface area (Å²) < 4.78 is 27.9. The Bertz CT molecular complexity index is 699. The van der Waals surface area contributed by atoms with Gasteiger partial charge in [-0.1, -0.05) is 12.2 Å². The smallest absolute Gasteiger partial charge is 0.259 e. The van der Waals surface area contributed by atoms with E-state index < -0.39 is 23.1 Å². The van der Waals surface area contributed by atoms with Crippen molar-refractivity contribution in [3.63, 3.8) is 0 Å². The minimum atomic E-state index is -0.831. The number of aromatic nitrogens is 2. The molecule has 0 aliphatic rings. The second-order valence-corrected chi connectivity index (χ2v) is 4.41. The highest BCUT2D eigenvalue weighted by Crippen LogP contribution is 2.17. The summed E-state index contributed by atoms with van der Waals surface area (Å²) in [5.74, 6) is -2.15. The zero-order valence-corrected chi connectivity index (χ0v) is 11.2. The number of carbonyl (C=O) groups is 1. The lowest BCUT2D eigenvalue weighted by Gasteiger charge is -2.08. The average Bonchev–Trinajstić information content (AvgIpc) is 2.74. The summed E-state index contributed by atoms with van der Waals surface area (Å²) in [6.45, 7) is 0. The first-order valence-electron chi connectivity index (χ1n) is 5.48. The average molecular weight is 296 g/mol. The number of carbonyl (C=O) groups excluding carboxylic acids is 1. The summed E-state index contributed by atoms with van der Waals surface area (Å²) in [6, 6.07) is 2.61. The number of hydrogen-bond donors (Lipinski definition) is 2. The summed E-state index contributed by atoms with van der Waals surface area (Å²) in [5.41, 5.74) is 5.41. The van der Waals surface area contributed by atoms with Gasteiger partial charge >= 0.3 is 0 Å². The van der Waals surface area contributed by atoms with E-state index in [4.69, 9.17) is 18.0 Å². The monoisotopic (exact) mass is 296 g/mol. The van der Waals surface area contributed by atoms with Gasteiger partial charge in [0.05, 0.1) is 17.3 Å². The van der Waals surface area contributed by atoms with Crippen LogP contribution in [0.15, 0.2) is 24.4 Å². The molecule has 0 radical (unpaired) electrons. The van der Waals surface area contributed by atoms with Gasteiger partial charge in [0.2, 0.25) is 0 Å². The largest absolute Gasteiger partial charge is 0.389 e. The number of benzene rings is 1. The van der Waals surface area contributed by atoms with Crippen LogP contribution in [-0.2, 0) is 7.05 Å². The van der Waals surface area contributed by atoms with Crippen molar-refractivity contribution in [3.05, 3.63) is 47.2 Å². The predicted molar refractivity (Wildman–Crippen MR) is 73.4 cm³/mol. The van der Waals surface area contributed by atoms with Crippen LogP contribution in [0.1, 0.15) is 15.9 Å². The van der Waals surface area contributed by atoms with Crippen molar-refractivity contribution in [1.29, 1.82) is 0 Å². The van der Waals surface area contributed by atoms with Crippen molar-refractivity contribution in [1.82, 2.24) is 9.78 Å². The first-order chi connectivity index (χ1) is 9.40. The van der Waals surface area contributed by atoms with Gasteiger partial charge in [-0.3, -0.25) is 9.48 Å². The second kappa shape index (κ2) is 5.33. The van der Waals surface area contributed by atoms with E-state index in [2.05, 4.69) is 10.4 Å². The van der Waals surface area contributed by atoms with Gasteiger partial charge in [0.15, 0.2) is 0 Å². The van der Waals surface area contributed by atoms with Crippen LogP contribution in [0.5, 0.6) is 0 Å². The summed E-state index contributed by atoms with van der Waals surface area (Å²) in [6.07, 6.45) is 1.37. The molecule has 0 saturated heterocycles. The molecule has 0 unspecified atom stereocenters. The van der Waals surface area contributed by atoms with Gasteiger partial charge < -0.3 is 11.1 Å². The van der Waals surface area contributed by atoms with Crippen LogP contribution in [-0.4, -0.2) is 20.7 Å². The van der Waals surface area contributed by atoms with Crippen LogP contribution < -0.4 is 11.1 Å². The molecule has 2 rings (SSSR count). The molecule has 3 N–H and O–H groups in total. The Balaban J connectivity index is 2.35. The van der Waals surface area contributed by atoms with Crippen LogP contribution in [0.25, 0.3) is 0 Å². The molecule has 2 aromatic rings. The Kier molecular flexibility index (Phi) is 3.75. The molecular formula is C12H10F2N4OS. The Labute approximate surface area is 118 Å². The van der Waals surface area contributed by atoms with Gasteiger partial charge in [0, 0.05) is 7.05 Å². The number of rotatable bonds is 3. The normalized spacial score (nSPS) is 10.3. The summed E-state index contributed by atoms with van der Waals surface area (Å²) >= 11 is 4.82. The molecule has 1 aromatic carbocycles. The Hall–Kier alpha value is -2.35. The number of hydrogen-bond acceptors (Lipinski definition) is 3. The van der Waals surface area contributed by atoms with Crippen molar-refractivity contribution in [2.24, 2.45) is 12.8 Å². The lowest BCUT2D eigenvalue weighted by Crippen LogP contribution is -2.19. The highest BCUT2D eigenvalue weighted by molar-refractivity contribution is 7.80. The molecule has 0 aliphatic carbocycles. The lowest BCUT2D eigenvalue weighted by molar-refractivity contribution is 0.102. The van der Waals surface area contributed by atoms with E-state index in [1.54, 1.807) is 7.05 Å². The highest BCUT2D eigenvalue weighted by Gasteiger charge is 2.18. The molecule has 1 heterocycles. The minimum Gasteiger partial charge on any atom is -0.389 e. The van der Waals surface area contributed by atoms with Crippen LogP contribution >= 0.6 is 12.2 Å². The van der Waals surface area contributed by atoms with E-state index >= 15 is 0 Å². The maximum atomic E-state index is 13.5. The number of nitrogens with one attached hydrogen (secondary N) is 1. The zero-order chi connectivity index (χ0) is 14.9. The van der Waals surface area contributed by atoms with E-state index in [-0.39, 0.29) is 10.8 Å². The first kappa shape index (κ1) is 14.1. The minimum absolute atomic E-state index is 0.0353. The standard InChI is InChI=1S/C12H10F2N4OS/c1-18-11(8(5-16-18)10(15)20)17-12(19)7-4-6(13)2-3-9(7)14/h2-5H,1H3,(H2,15,20)(H,17,19). The zero-order valence-electron chi connectivity index (χ0n) is 10.4. The number of anilines is 1. The fraction of sp³-hybridized carbons (Fsp3) is 0.0833. The van der Waals surface area contributed by atoms with Gasteiger partial charge in [-0.2, -0.15) is 5.10 Å². The fourth-order valence-corrected chi connectivity index (χ4v) is 1.76. The summed E-state index contributed by atoms with van der Waals surface area (Å²) in [5, 5.41) is 6.30. The maximum absolute atomic E-state index is 13.5. The Morgan fingerprint density at radius 1 is 1.40 bits per heavy atom. The third-order valence-corrected chi connectivity index (χ3v) is 2.83.